The Labute approximate surface area is 139 Å². The van der Waals surface area contributed by atoms with Crippen molar-refractivity contribution < 1.29 is 9.47 Å². The van der Waals surface area contributed by atoms with Crippen LogP contribution in [0.15, 0.2) is 42.5 Å². The molecule has 0 aliphatic heterocycles. The summed E-state index contributed by atoms with van der Waals surface area (Å²) in [5.74, 6) is 1.98. The molecule has 1 atom stereocenters. The summed E-state index contributed by atoms with van der Waals surface area (Å²) < 4.78 is 11.2. The van der Waals surface area contributed by atoms with E-state index in [0.29, 0.717) is 19.1 Å². The first kappa shape index (κ1) is 17.4. The third-order valence-corrected chi connectivity index (χ3v) is 4.11. The Kier molecular flexibility index (Phi) is 6.48. The van der Waals surface area contributed by atoms with Crippen LogP contribution in [0.1, 0.15) is 35.4 Å². The minimum Gasteiger partial charge on any atom is -0.493 e. The van der Waals surface area contributed by atoms with Crippen LogP contribution >= 0.6 is 0 Å². The van der Waals surface area contributed by atoms with Crippen LogP contribution < -0.4 is 15.2 Å². The van der Waals surface area contributed by atoms with Crippen LogP contribution in [-0.2, 0) is 0 Å². The van der Waals surface area contributed by atoms with E-state index in [9.17, 15) is 0 Å². The van der Waals surface area contributed by atoms with Gasteiger partial charge in [-0.2, -0.15) is 0 Å². The highest BCUT2D eigenvalue weighted by atomic mass is 16.5. The van der Waals surface area contributed by atoms with Crippen molar-refractivity contribution in [3.05, 3.63) is 59.2 Å². The average Bonchev–Trinajstić information content (AvgIpc) is 2.57. The fraction of sp³-hybridized carbons (Fsp3) is 0.400. The van der Waals surface area contributed by atoms with Gasteiger partial charge in [0.1, 0.15) is 0 Å². The number of methoxy groups -OCH3 is 1. The van der Waals surface area contributed by atoms with Crippen LogP contribution in [0.2, 0.25) is 0 Å². The molecule has 124 valence electrons. The van der Waals surface area contributed by atoms with E-state index in [-0.39, 0.29) is 0 Å². The normalized spacial score (nSPS) is 12.0. The number of aryl methyl sites for hydroxylation is 2. The molecule has 2 aromatic carbocycles. The van der Waals surface area contributed by atoms with Crippen LogP contribution in [0.3, 0.4) is 0 Å². The van der Waals surface area contributed by atoms with Crippen molar-refractivity contribution in [2.75, 3.05) is 20.3 Å². The quantitative estimate of drug-likeness (QED) is 0.742. The summed E-state index contributed by atoms with van der Waals surface area (Å²) >= 11 is 0. The Morgan fingerprint density at radius 2 is 1.65 bits per heavy atom. The van der Waals surface area contributed by atoms with Crippen LogP contribution in [-0.4, -0.2) is 20.3 Å². The van der Waals surface area contributed by atoms with E-state index < -0.39 is 0 Å². The Bertz CT molecular complexity index is 608. The molecule has 0 spiro atoms. The monoisotopic (exact) mass is 313 g/mol. The van der Waals surface area contributed by atoms with E-state index in [1.165, 1.54) is 11.1 Å². The van der Waals surface area contributed by atoms with Gasteiger partial charge in [-0.15, -0.1) is 0 Å². The first-order valence-corrected chi connectivity index (χ1v) is 8.18. The summed E-state index contributed by atoms with van der Waals surface area (Å²) in [7, 11) is 1.67. The van der Waals surface area contributed by atoms with E-state index in [2.05, 4.69) is 31.2 Å². The van der Waals surface area contributed by atoms with Crippen LogP contribution in [0.25, 0.3) is 0 Å². The zero-order chi connectivity index (χ0) is 16.7. The van der Waals surface area contributed by atoms with Gasteiger partial charge in [0.2, 0.25) is 0 Å². The molecule has 0 saturated heterocycles. The van der Waals surface area contributed by atoms with Gasteiger partial charge in [0, 0.05) is 0 Å². The molecule has 0 radical (unpaired) electrons. The molecular formula is C20H27NO2. The van der Waals surface area contributed by atoms with Gasteiger partial charge in [-0.25, -0.2) is 0 Å². The summed E-state index contributed by atoms with van der Waals surface area (Å²) in [6.45, 7) is 5.47. The first-order valence-electron chi connectivity index (χ1n) is 8.18. The zero-order valence-corrected chi connectivity index (χ0v) is 14.3. The minimum absolute atomic E-state index is 0.388. The van der Waals surface area contributed by atoms with Gasteiger partial charge >= 0.3 is 0 Å². The Morgan fingerprint density at radius 3 is 2.30 bits per heavy atom. The van der Waals surface area contributed by atoms with Crippen molar-refractivity contribution in [2.24, 2.45) is 5.73 Å². The number of benzene rings is 2. The van der Waals surface area contributed by atoms with Crippen LogP contribution in [0.5, 0.6) is 11.5 Å². The second-order valence-electron chi connectivity index (χ2n) is 5.99. The number of hydrogen-bond acceptors (Lipinski definition) is 3. The molecule has 0 saturated carbocycles. The third kappa shape index (κ3) is 5.00. The highest BCUT2D eigenvalue weighted by molar-refractivity contribution is 5.42. The lowest BCUT2D eigenvalue weighted by atomic mass is 9.94. The van der Waals surface area contributed by atoms with Crippen molar-refractivity contribution in [3.63, 3.8) is 0 Å². The first-order chi connectivity index (χ1) is 11.1. The molecule has 0 aliphatic rings. The van der Waals surface area contributed by atoms with Crippen molar-refractivity contribution in [1.29, 1.82) is 0 Å². The highest BCUT2D eigenvalue weighted by Gasteiger charge is 2.10. The summed E-state index contributed by atoms with van der Waals surface area (Å²) in [6, 6.07) is 14.6. The molecule has 0 bridgehead atoms. The van der Waals surface area contributed by atoms with Crippen molar-refractivity contribution in [2.45, 2.75) is 32.6 Å². The maximum atomic E-state index is 5.94. The summed E-state index contributed by atoms with van der Waals surface area (Å²) in [6.07, 6.45) is 1.99. The summed E-state index contributed by atoms with van der Waals surface area (Å²) in [5, 5.41) is 0. The molecular weight excluding hydrogens is 286 g/mol. The zero-order valence-electron chi connectivity index (χ0n) is 14.3. The molecule has 3 nitrogen and oxygen atoms in total. The fourth-order valence-electron chi connectivity index (χ4n) is 2.67. The maximum Gasteiger partial charge on any atom is 0.161 e. The van der Waals surface area contributed by atoms with Crippen LogP contribution in [0.4, 0.5) is 0 Å². The van der Waals surface area contributed by atoms with E-state index >= 15 is 0 Å². The lowest BCUT2D eigenvalue weighted by Gasteiger charge is -2.16. The van der Waals surface area contributed by atoms with Gasteiger partial charge in [0.15, 0.2) is 11.5 Å². The second-order valence-corrected chi connectivity index (χ2v) is 5.99. The largest absolute Gasteiger partial charge is 0.493 e. The van der Waals surface area contributed by atoms with Crippen molar-refractivity contribution in [3.8, 4) is 11.5 Å². The van der Waals surface area contributed by atoms with Crippen molar-refractivity contribution in [1.82, 2.24) is 0 Å². The number of rotatable bonds is 8. The lowest BCUT2D eigenvalue weighted by molar-refractivity contribution is 0.282. The predicted molar refractivity (Wildman–Crippen MR) is 95.4 cm³/mol. The third-order valence-electron chi connectivity index (χ3n) is 4.11. The van der Waals surface area contributed by atoms with E-state index in [4.69, 9.17) is 15.2 Å². The number of nitrogens with two attached hydrogens (primary N) is 1. The van der Waals surface area contributed by atoms with E-state index in [1.807, 2.05) is 25.1 Å². The second kappa shape index (κ2) is 8.59. The van der Waals surface area contributed by atoms with E-state index in [1.54, 1.807) is 7.11 Å². The molecule has 0 aromatic heterocycles. The van der Waals surface area contributed by atoms with Gasteiger partial charge in [-0.1, -0.05) is 35.9 Å². The average molecular weight is 313 g/mol. The molecule has 1 unspecified atom stereocenters. The standard InChI is InChI=1S/C20H27NO2/c1-15-6-9-17(10-7-15)18(14-21)5-4-12-23-19-11-8-16(2)13-20(19)22-3/h6-11,13,18H,4-5,12,14,21H2,1-3H3. The summed E-state index contributed by atoms with van der Waals surface area (Å²) in [5.41, 5.74) is 9.69. The predicted octanol–water partition coefficient (Wildman–Crippen LogP) is 4.21. The Balaban J connectivity index is 1.85. The summed E-state index contributed by atoms with van der Waals surface area (Å²) in [4.78, 5) is 0. The van der Waals surface area contributed by atoms with Crippen LogP contribution in [0, 0.1) is 13.8 Å². The van der Waals surface area contributed by atoms with Gasteiger partial charge in [-0.3, -0.25) is 0 Å². The molecule has 0 aliphatic carbocycles. The number of hydrogen-bond donors (Lipinski definition) is 1. The topological polar surface area (TPSA) is 44.5 Å². The minimum atomic E-state index is 0.388. The SMILES string of the molecule is COc1cc(C)ccc1OCCCC(CN)c1ccc(C)cc1. The molecule has 2 aromatic rings. The Morgan fingerprint density at radius 1 is 0.957 bits per heavy atom. The molecule has 2 N–H and O–H groups in total. The smallest absolute Gasteiger partial charge is 0.161 e. The maximum absolute atomic E-state index is 5.94. The molecule has 3 heteroatoms. The highest BCUT2D eigenvalue weighted by Crippen LogP contribution is 2.28. The van der Waals surface area contributed by atoms with Gasteiger partial charge in [-0.05, 0) is 62.4 Å². The Hall–Kier alpha value is -2.00. The van der Waals surface area contributed by atoms with Gasteiger partial charge < -0.3 is 15.2 Å². The molecule has 0 heterocycles. The molecule has 23 heavy (non-hydrogen) atoms. The molecule has 0 amide bonds. The fourth-order valence-corrected chi connectivity index (χ4v) is 2.67. The molecule has 2 rings (SSSR count). The lowest BCUT2D eigenvalue weighted by Crippen LogP contribution is -2.13. The van der Waals surface area contributed by atoms with Gasteiger partial charge in [0.25, 0.3) is 0 Å². The number of ether oxygens (including phenoxy) is 2. The molecule has 0 fully saturated rings. The van der Waals surface area contributed by atoms with Crippen molar-refractivity contribution >= 4 is 0 Å². The van der Waals surface area contributed by atoms with E-state index in [0.717, 1.165) is 29.9 Å². The van der Waals surface area contributed by atoms with Gasteiger partial charge in [0.05, 0.1) is 13.7 Å².